The molecular formula is C11H14ClNO4. The van der Waals surface area contributed by atoms with Crippen LogP contribution in [0, 0.1) is 0 Å². The molecule has 0 aliphatic rings. The number of carbonyl (C=O) groups excluding carboxylic acids is 1. The largest absolute Gasteiger partial charge is 0.480 e. The van der Waals surface area contributed by atoms with Gasteiger partial charge in [0, 0.05) is 0 Å². The minimum absolute atomic E-state index is 0. The van der Waals surface area contributed by atoms with E-state index in [9.17, 15) is 9.59 Å². The number of carbonyl (C=O) groups is 2. The van der Waals surface area contributed by atoms with E-state index in [4.69, 9.17) is 10.8 Å². The van der Waals surface area contributed by atoms with Gasteiger partial charge in [0.15, 0.2) is 0 Å². The summed E-state index contributed by atoms with van der Waals surface area (Å²) in [6.07, 6.45) is 0.181. The number of halogens is 1. The molecule has 1 rings (SSSR count). The molecule has 0 radical (unpaired) electrons. The van der Waals surface area contributed by atoms with Crippen molar-refractivity contribution >= 4 is 24.3 Å². The number of ether oxygens (including phenoxy) is 1. The maximum Gasteiger partial charge on any atom is 0.337 e. The van der Waals surface area contributed by atoms with E-state index in [0.717, 1.165) is 0 Å². The molecule has 0 spiro atoms. The van der Waals surface area contributed by atoms with Gasteiger partial charge in [-0.05, 0) is 24.1 Å². The molecule has 0 aliphatic heterocycles. The number of carboxylic acid groups (broad SMARTS) is 1. The van der Waals surface area contributed by atoms with E-state index in [1.807, 2.05) is 0 Å². The number of nitrogens with two attached hydrogens (primary N) is 1. The highest BCUT2D eigenvalue weighted by atomic mass is 35.5. The van der Waals surface area contributed by atoms with E-state index in [1.54, 1.807) is 24.3 Å². The molecule has 0 saturated carbocycles. The Morgan fingerprint density at radius 1 is 1.47 bits per heavy atom. The lowest BCUT2D eigenvalue weighted by Gasteiger charge is -2.07. The molecule has 17 heavy (non-hydrogen) atoms. The summed E-state index contributed by atoms with van der Waals surface area (Å²) < 4.78 is 4.56. The van der Waals surface area contributed by atoms with E-state index < -0.39 is 18.0 Å². The number of aliphatic carboxylic acids is 1. The van der Waals surface area contributed by atoms with Gasteiger partial charge in [0.25, 0.3) is 0 Å². The Labute approximate surface area is 105 Å². The van der Waals surface area contributed by atoms with Crippen LogP contribution in [-0.4, -0.2) is 30.2 Å². The Bertz CT molecular complexity index is 408. The summed E-state index contributed by atoms with van der Waals surface area (Å²) in [6.45, 7) is 0. The first-order chi connectivity index (χ1) is 7.54. The van der Waals surface area contributed by atoms with Crippen molar-refractivity contribution in [3.63, 3.8) is 0 Å². The SMILES string of the molecule is COC(=O)c1cccc(C[C@H](N)C(=O)O)c1.Cl. The van der Waals surface area contributed by atoms with Gasteiger partial charge in [0.05, 0.1) is 12.7 Å². The molecule has 0 fully saturated rings. The summed E-state index contributed by atoms with van der Waals surface area (Å²) >= 11 is 0. The van der Waals surface area contributed by atoms with Gasteiger partial charge in [-0.3, -0.25) is 4.79 Å². The quantitative estimate of drug-likeness (QED) is 0.783. The third-order valence-electron chi connectivity index (χ3n) is 2.12. The predicted octanol–water partition coefficient (Wildman–Crippen LogP) is 0.849. The minimum Gasteiger partial charge on any atom is -0.480 e. The van der Waals surface area contributed by atoms with Gasteiger partial charge >= 0.3 is 11.9 Å². The van der Waals surface area contributed by atoms with Gasteiger partial charge in [0.2, 0.25) is 0 Å². The number of benzene rings is 1. The lowest BCUT2D eigenvalue weighted by atomic mass is 10.0. The number of hydrogen-bond donors (Lipinski definition) is 2. The molecule has 6 heteroatoms. The van der Waals surface area contributed by atoms with Crippen LogP contribution >= 0.6 is 12.4 Å². The first-order valence-corrected chi connectivity index (χ1v) is 4.70. The van der Waals surface area contributed by atoms with E-state index >= 15 is 0 Å². The predicted molar refractivity (Wildman–Crippen MR) is 64.3 cm³/mol. The second-order valence-electron chi connectivity index (χ2n) is 3.34. The first kappa shape index (κ1) is 15.4. The van der Waals surface area contributed by atoms with Crippen LogP contribution in [0.4, 0.5) is 0 Å². The highest BCUT2D eigenvalue weighted by Gasteiger charge is 2.13. The van der Waals surface area contributed by atoms with Crippen LogP contribution in [0.5, 0.6) is 0 Å². The highest BCUT2D eigenvalue weighted by molar-refractivity contribution is 5.89. The maximum atomic E-state index is 11.2. The highest BCUT2D eigenvalue weighted by Crippen LogP contribution is 2.08. The zero-order chi connectivity index (χ0) is 12.1. The lowest BCUT2D eigenvalue weighted by molar-refractivity contribution is -0.138. The summed E-state index contributed by atoms with van der Waals surface area (Å²) in [7, 11) is 1.29. The Morgan fingerprint density at radius 2 is 2.12 bits per heavy atom. The van der Waals surface area contributed by atoms with Gasteiger partial charge in [-0.1, -0.05) is 12.1 Å². The van der Waals surface area contributed by atoms with Crippen LogP contribution < -0.4 is 5.73 Å². The van der Waals surface area contributed by atoms with Crippen molar-refractivity contribution in [1.82, 2.24) is 0 Å². The van der Waals surface area contributed by atoms with Crippen LogP contribution in [0.25, 0.3) is 0 Å². The van der Waals surface area contributed by atoms with Gasteiger partial charge in [-0.25, -0.2) is 4.79 Å². The molecule has 94 valence electrons. The summed E-state index contributed by atoms with van der Waals surface area (Å²) in [6, 6.07) is 5.59. The third-order valence-corrected chi connectivity index (χ3v) is 2.12. The molecule has 3 N–H and O–H groups in total. The van der Waals surface area contributed by atoms with Crippen LogP contribution in [0.15, 0.2) is 24.3 Å². The van der Waals surface area contributed by atoms with Crippen molar-refractivity contribution in [2.24, 2.45) is 5.73 Å². The fourth-order valence-electron chi connectivity index (χ4n) is 1.28. The van der Waals surface area contributed by atoms with Gasteiger partial charge in [-0.2, -0.15) is 0 Å². The monoisotopic (exact) mass is 259 g/mol. The molecule has 0 unspecified atom stereocenters. The number of hydrogen-bond acceptors (Lipinski definition) is 4. The topological polar surface area (TPSA) is 89.6 Å². The molecule has 0 heterocycles. The zero-order valence-corrected chi connectivity index (χ0v) is 10.1. The molecule has 0 aliphatic carbocycles. The zero-order valence-electron chi connectivity index (χ0n) is 9.25. The van der Waals surface area contributed by atoms with E-state index in [-0.39, 0.29) is 18.8 Å². The average molecular weight is 260 g/mol. The minimum atomic E-state index is -1.07. The fraction of sp³-hybridized carbons (Fsp3) is 0.273. The number of methoxy groups -OCH3 is 1. The Hall–Kier alpha value is -1.59. The van der Waals surface area contributed by atoms with Crippen molar-refractivity contribution in [1.29, 1.82) is 0 Å². The summed E-state index contributed by atoms with van der Waals surface area (Å²) in [5.41, 5.74) is 6.47. The Kier molecular flexibility index (Phi) is 6.23. The molecule has 1 atom stereocenters. The molecule has 1 aromatic carbocycles. The smallest absolute Gasteiger partial charge is 0.337 e. The molecule has 5 nitrogen and oxygen atoms in total. The lowest BCUT2D eigenvalue weighted by Crippen LogP contribution is -2.32. The second-order valence-corrected chi connectivity index (χ2v) is 3.34. The number of rotatable bonds is 4. The number of esters is 1. The van der Waals surface area contributed by atoms with Crippen molar-refractivity contribution < 1.29 is 19.4 Å². The van der Waals surface area contributed by atoms with Gasteiger partial charge in [-0.15, -0.1) is 12.4 Å². The standard InChI is InChI=1S/C11H13NO4.ClH/c1-16-11(15)8-4-2-3-7(5-8)6-9(12)10(13)14;/h2-5,9H,6,12H2,1H3,(H,13,14);1H/t9-;/m0./s1. The summed E-state index contributed by atoms with van der Waals surface area (Å²) in [5, 5.41) is 8.65. The molecule has 0 saturated heterocycles. The Morgan fingerprint density at radius 3 is 2.65 bits per heavy atom. The van der Waals surface area contributed by atoms with Crippen molar-refractivity contribution in [3.8, 4) is 0 Å². The van der Waals surface area contributed by atoms with Gasteiger partial charge < -0.3 is 15.6 Å². The first-order valence-electron chi connectivity index (χ1n) is 4.70. The van der Waals surface area contributed by atoms with E-state index in [0.29, 0.717) is 11.1 Å². The second kappa shape index (κ2) is 6.88. The number of carboxylic acids is 1. The Balaban J connectivity index is 0.00000256. The normalized spacial score (nSPS) is 11.2. The molecule has 1 aromatic rings. The van der Waals surface area contributed by atoms with Crippen molar-refractivity contribution in [2.45, 2.75) is 12.5 Å². The van der Waals surface area contributed by atoms with Crippen LogP contribution in [0.3, 0.4) is 0 Å². The molecule has 0 aromatic heterocycles. The molecule has 0 amide bonds. The summed E-state index contributed by atoms with van der Waals surface area (Å²) in [4.78, 5) is 21.8. The third kappa shape index (κ3) is 4.42. The van der Waals surface area contributed by atoms with Crippen LogP contribution in [-0.2, 0) is 16.0 Å². The summed E-state index contributed by atoms with van der Waals surface area (Å²) in [5.74, 6) is -1.52. The molecule has 0 bridgehead atoms. The van der Waals surface area contributed by atoms with Gasteiger partial charge in [0.1, 0.15) is 6.04 Å². The van der Waals surface area contributed by atoms with E-state index in [1.165, 1.54) is 7.11 Å². The van der Waals surface area contributed by atoms with E-state index in [2.05, 4.69) is 4.74 Å². The van der Waals surface area contributed by atoms with Crippen molar-refractivity contribution in [3.05, 3.63) is 35.4 Å². The van der Waals surface area contributed by atoms with Crippen molar-refractivity contribution in [2.75, 3.05) is 7.11 Å². The van der Waals surface area contributed by atoms with Crippen LogP contribution in [0.2, 0.25) is 0 Å². The maximum absolute atomic E-state index is 11.2. The molecular weight excluding hydrogens is 246 g/mol. The average Bonchev–Trinajstić information content (AvgIpc) is 2.28. The fourth-order valence-corrected chi connectivity index (χ4v) is 1.28. The van der Waals surface area contributed by atoms with Crippen LogP contribution in [0.1, 0.15) is 15.9 Å².